The number of thiophene rings is 1. The molecule has 140 valence electrons. The Hall–Kier alpha value is -2.41. The van der Waals surface area contributed by atoms with Gasteiger partial charge in [0.05, 0.1) is 16.6 Å². The highest BCUT2D eigenvalue weighted by atomic mass is 32.1. The molecule has 3 nitrogen and oxygen atoms in total. The lowest BCUT2D eigenvalue weighted by molar-refractivity contribution is -0.136. The fraction of sp³-hybridized carbons (Fsp3) is 0.300. The lowest BCUT2D eigenvalue weighted by Crippen LogP contribution is -2.17. The second-order valence-corrected chi connectivity index (χ2v) is 8.68. The van der Waals surface area contributed by atoms with Gasteiger partial charge >= 0.3 is 6.18 Å². The van der Waals surface area contributed by atoms with Crippen LogP contribution in [0.25, 0.3) is 26.1 Å². The van der Waals surface area contributed by atoms with Gasteiger partial charge in [0.15, 0.2) is 5.65 Å². The van der Waals surface area contributed by atoms with Crippen LogP contribution in [0.15, 0.2) is 36.4 Å². The highest BCUT2D eigenvalue weighted by Crippen LogP contribution is 2.39. The Balaban J connectivity index is 2.08. The molecule has 3 heterocycles. The topological polar surface area (TPSA) is 30.7 Å². The van der Waals surface area contributed by atoms with Gasteiger partial charge < -0.3 is 0 Å². The number of pyridine rings is 1. The van der Waals surface area contributed by atoms with Crippen LogP contribution >= 0.6 is 11.3 Å². The predicted molar refractivity (Wildman–Crippen MR) is 103 cm³/mol. The molecule has 0 bridgehead atoms. The molecule has 0 atom stereocenters. The Morgan fingerprint density at radius 1 is 1.04 bits per heavy atom. The van der Waals surface area contributed by atoms with E-state index in [1.54, 1.807) is 11.6 Å². The second kappa shape index (κ2) is 5.79. The molecule has 0 aliphatic heterocycles. The maximum atomic E-state index is 13.8. The first-order valence-corrected chi connectivity index (χ1v) is 9.34. The van der Waals surface area contributed by atoms with Crippen LogP contribution < -0.4 is 0 Å². The number of hydrogen-bond acceptors (Lipinski definition) is 3. The third-order valence-corrected chi connectivity index (χ3v) is 5.60. The Morgan fingerprint density at radius 2 is 1.74 bits per heavy atom. The van der Waals surface area contributed by atoms with Crippen LogP contribution in [0.5, 0.6) is 0 Å². The van der Waals surface area contributed by atoms with E-state index in [0.29, 0.717) is 11.4 Å². The summed E-state index contributed by atoms with van der Waals surface area (Å²) in [5, 5.41) is 6.26. The normalized spacial score (nSPS) is 13.0. The van der Waals surface area contributed by atoms with E-state index in [0.717, 1.165) is 21.2 Å². The number of rotatable bonds is 1. The van der Waals surface area contributed by atoms with Crippen LogP contribution in [0.3, 0.4) is 0 Å². The Labute approximate surface area is 158 Å². The van der Waals surface area contributed by atoms with Crippen LogP contribution in [0, 0.1) is 6.92 Å². The van der Waals surface area contributed by atoms with Gasteiger partial charge in [-0.2, -0.15) is 18.3 Å². The molecule has 27 heavy (non-hydrogen) atoms. The zero-order chi connectivity index (χ0) is 19.6. The smallest absolute Gasteiger partial charge is 0.232 e. The maximum Gasteiger partial charge on any atom is 0.417 e. The van der Waals surface area contributed by atoms with Gasteiger partial charge in [-0.15, -0.1) is 11.3 Å². The molecule has 0 N–H and O–H groups in total. The van der Waals surface area contributed by atoms with E-state index in [1.165, 1.54) is 11.3 Å². The minimum atomic E-state index is -4.47. The fourth-order valence-corrected chi connectivity index (χ4v) is 4.14. The van der Waals surface area contributed by atoms with Gasteiger partial charge in [-0.3, -0.25) is 0 Å². The molecule has 0 saturated heterocycles. The molecule has 0 radical (unpaired) electrons. The van der Waals surface area contributed by atoms with Crippen molar-refractivity contribution in [1.82, 2.24) is 14.8 Å². The summed E-state index contributed by atoms with van der Waals surface area (Å²) in [4.78, 5) is 4.60. The zero-order valence-corrected chi connectivity index (χ0v) is 16.2. The molecular formula is C20H18F3N3S. The van der Waals surface area contributed by atoms with Gasteiger partial charge in [0.25, 0.3) is 0 Å². The highest BCUT2D eigenvalue weighted by Gasteiger charge is 2.37. The first-order valence-electron chi connectivity index (χ1n) is 8.53. The molecule has 3 aromatic heterocycles. The summed E-state index contributed by atoms with van der Waals surface area (Å²) >= 11 is 1.48. The molecule has 0 aliphatic carbocycles. The minimum absolute atomic E-state index is 0.0629. The third kappa shape index (κ3) is 3.00. The quantitative estimate of drug-likeness (QED) is 0.385. The van der Waals surface area contributed by atoms with Crippen molar-refractivity contribution in [3.8, 4) is 5.00 Å². The van der Waals surface area contributed by atoms with Crippen LogP contribution in [0.4, 0.5) is 13.2 Å². The Morgan fingerprint density at radius 3 is 2.37 bits per heavy atom. The molecule has 1 aromatic carbocycles. The number of benzene rings is 1. The van der Waals surface area contributed by atoms with Crippen molar-refractivity contribution in [2.75, 3.05) is 0 Å². The number of aromatic nitrogens is 3. The summed E-state index contributed by atoms with van der Waals surface area (Å²) in [6.07, 6.45) is -4.47. The predicted octanol–water partition coefficient (Wildman–Crippen LogP) is 6.26. The fourth-order valence-electron chi connectivity index (χ4n) is 3.12. The third-order valence-electron chi connectivity index (χ3n) is 4.51. The average Bonchev–Trinajstić information content (AvgIpc) is 3.13. The number of fused-ring (bicyclic) bond motifs is 2. The van der Waals surface area contributed by atoms with E-state index in [-0.39, 0.29) is 11.0 Å². The minimum Gasteiger partial charge on any atom is -0.232 e. The lowest BCUT2D eigenvalue weighted by Gasteiger charge is -2.20. The number of alkyl halides is 3. The average molecular weight is 389 g/mol. The van der Waals surface area contributed by atoms with Crippen molar-refractivity contribution >= 4 is 32.5 Å². The monoisotopic (exact) mass is 389 g/mol. The summed E-state index contributed by atoms with van der Waals surface area (Å²) in [5.41, 5.74) is -0.231. The largest absolute Gasteiger partial charge is 0.417 e. The van der Waals surface area contributed by atoms with Crippen molar-refractivity contribution in [2.24, 2.45) is 0 Å². The number of halogens is 3. The Kier molecular flexibility index (Phi) is 3.86. The first kappa shape index (κ1) is 18.0. The summed E-state index contributed by atoms with van der Waals surface area (Å²) in [7, 11) is 0. The van der Waals surface area contributed by atoms with Crippen molar-refractivity contribution in [1.29, 1.82) is 0 Å². The molecule has 0 unspecified atom stereocenters. The van der Waals surface area contributed by atoms with Gasteiger partial charge in [-0.1, -0.05) is 39.0 Å². The molecule has 7 heteroatoms. The van der Waals surface area contributed by atoms with Crippen molar-refractivity contribution in [3.63, 3.8) is 0 Å². The van der Waals surface area contributed by atoms with Crippen molar-refractivity contribution in [3.05, 3.63) is 53.3 Å². The highest BCUT2D eigenvalue weighted by molar-refractivity contribution is 7.21. The maximum absolute atomic E-state index is 13.8. The van der Waals surface area contributed by atoms with E-state index in [2.05, 4.69) is 10.1 Å². The molecule has 0 spiro atoms. The summed E-state index contributed by atoms with van der Waals surface area (Å²) in [5.74, 6) is 0. The molecular weight excluding hydrogens is 371 g/mol. The van der Waals surface area contributed by atoms with E-state index in [9.17, 15) is 13.2 Å². The number of hydrogen-bond donors (Lipinski definition) is 0. The molecule has 0 saturated carbocycles. The van der Waals surface area contributed by atoms with E-state index in [4.69, 9.17) is 0 Å². The molecule has 0 aliphatic rings. The van der Waals surface area contributed by atoms with Gasteiger partial charge in [-0.25, -0.2) is 9.67 Å². The van der Waals surface area contributed by atoms with Crippen LogP contribution in [-0.4, -0.2) is 14.8 Å². The van der Waals surface area contributed by atoms with Gasteiger partial charge in [0.2, 0.25) is 0 Å². The van der Waals surface area contributed by atoms with Crippen molar-refractivity contribution in [2.45, 2.75) is 39.3 Å². The zero-order valence-electron chi connectivity index (χ0n) is 15.3. The number of nitrogens with zero attached hydrogens (tertiary/aromatic N) is 3. The first-order chi connectivity index (χ1) is 12.6. The van der Waals surface area contributed by atoms with Gasteiger partial charge in [0, 0.05) is 15.8 Å². The van der Waals surface area contributed by atoms with Gasteiger partial charge in [0.1, 0.15) is 5.00 Å². The molecule has 4 aromatic rings. The summed E-state index contributed by atoms with van der Waals surface area (Å²) in [6.45, 7) is 7.16. The van der Waals surface area contributed by atoms with E-state index < -0.39 is 17.2 Å². The van der Waals surface area contributed by atoms with Crippen LogP contribution in [0.2, 0.25) is 0 Å². The van der Waals surface area contributed by atoms with Gasteiger partial charge in [-0.05, 0) is 30.5 Å². The molecule has 4 rings (SSSR count). The SMILES string of the molecule is Cc1nn(-c2cc3ccccc3s2)c2nc(C(C)(C)C)cc(C(F)(F)F)c12. The van der Waals surface area contributed by atoms with Crippen molar-refractivity contribution < 1.29 is 13.2 Å². The van der Waals surface area contributed by atoms with E-state index in [1.807, 2.05) is 51.1 Å². The van der Waals surface area contributed by atoms with E-state index >= 15 is 0 Å². The second-order valence-electron chi connectivity index (χ2n) is 7.62. The molecule has 0 amide bonds. The van der Waals surface area contributed by atoms with Crippen LogP contribution in [-0.2, 0) is 11.6 Å². The summed E-state index contributed by atoms with van der Waals surface area (Å²) < 4.78 is 43.9. The molecule has 0 fully saturated rings. The standard InChI is InChI=1S/C20H18F3N3S/c1-11-17-13(20(21,22)23)10-15(19(2,3)4)24-18(17)26(25-11)16-9-12-7-5-6-8-14(12)27-16/h5-10H,1-4H3. The number of aryl methyl sites for hydroxylation is 1. The van der Waals surface area contributed by atoms with Crippen LogP contribution in [0.1, 0.15) is 37.7 Å². The lowest BCUT2D eigenvalue weighted by atomic mass is 9.90. The Bertz CT molecular complexity index is 1130. The summed E-state index contributed by atoms with van der Waals surface area (Å²) in [6, 6.07) is 10.9.